The maximum atomic E-state index is 12.5. The van der Waals surface area contributed by atoms with Crippen molar-refractivity contribution in [2.24, 2.45) is 0 Å². The first-order chi connectivity index (χ1) is 11.8. The molecule has 5 heteroatoms. The Labute approximate surface area is 149 Å². The molecule has 5 nitrogen and oxygen atoms in total. The average molecular weight is 341 g/mol. The maximum absolute atomic E-state index is 12.5. The monoisotopic (exact) mass is 341 g/mol. The van der Waals surface area contributed by atoms with E-state index >= 15 is 0 Å². The summed E-state index contributed by atoms with van der Waals surface area (Å²) in [4.78, 5) is 20.9. The molecule has 1 atom stereocenters. The predicted molar refractivity (Wildman–Crippen MR) is 101 cm³/mol. The Morgan fingerprint density at radius 1 is 1.28 bits per heavy atom. The lowest BCUT2D eigenvalue weighted by Crippen LogP contribution is -2.36. The lowest BCUT2D eigenvalue weighted by atomic mass is 10.0. The largest absolute Gasteiger partial charge is 0.444 e. The number of aromatic nitrogens is 1. The standard InChI is InChI=1S/C20H27N3O2/c1-20(2,3)25-19(24)23-12-6-7-17(23)15-8-9-16-14(13-15)10-11-21-18(16)22(4)5/h8-11,13,17H,6-7,12H2,1-5H3/t17-/m1/s1. The second-order valence-corrected chi connectivity index (χ2v) is 7.84. The summed E-state index contributed by atoms with van der Waals surface area (Å²) in [6.45, 7) is 6.46. The Morgan fingerprint density at radius 3 is 2.72 bits per heavy atom. The van der Waals surface area contributed by atoms with Gasteiger partial charge >= 0.3 is 6.09 Å². The van der Waals surface area contributed by atoms with Crippen LogP contribution < -0.4 is 4.90 Å². The molecular formula is C20H27N3O2. The Kier molecular flexibility index (Phi) is 4.58. The molecule has 0 radical (unpaired) electrons. The summed E-state index contributed by atoms with van der Waals surface area (Å²) in [5, 5.41) is 2.27. The van der Waals surface area contributed by atoms with Crippen molar-refractivity contribution in [2.75, 3.05) is 25.5 Å². The van der Waals surface area contributed by atoms with E-state index in [1.54, 1.807) is 0 Å². The number of nitrogens with zero attached hydrogens (tertiary/aromatic N) is 3. The summed E-state index contributed by atoms with van der Waals surface area (Å²) in [5.74, 6) is 0.958. The van der Waals surface area contributed by atoms with E-state index in [9.17, 15) is 4.79 Å². The number of hydrogen-bond acceptors (Lipinski definition) is 4. The van der Waals surface area contributed by atoms with Gasteiger partial charge < -0.3 is 14.5 Å². The van der Waals surface area contributed by atoms with Gasteiger partial charge in [0.05, 0.1) is 6.04 Å². The normalized spacial score (nSPS) is 17.8. The number of carbonyl (C=O) groups excluding carboxylic acids is 1. The van der Waals surface area contributed by atoms with Gasteiger partial charge in [0, 0.05) is 32.2 Å². The SMILES string of the molecule is CN(C)c1nccc2cc([C@H]3CCCN3C(=O)OC(C)(C)C)ccc12. The van der Waals surface area contributed by atoms with Gasteiger partial charge in [-0.15, -0.1) is 0 Å². The van der Waals surface area contributed by atoms with Crippen molar-refractivity contribution in [3.8, 4) is 0 Å². The van der Waals surface area contributed by atoms with E-state index in [-0.39, 0.29) is 12.1 Å². The molecule has 0 unspecified atom stereocenters. The molecule has 0 N–H and O–H groups in total. The minimum Gasteiger partial charge on any atom is -0.444 e. The quantitative estimate of drug-likeness (QED) is 0.813. The zero-order valence-electron chi connectivity index (χ0n) is 15.7. The predicted octanol–water partition coefficient (Wildman–Crippen LogP) is 4.37. The van der Waals surface area contributed by atoms with Gasteiger partial charge in [0.25, 0.3) is 0 Å². The highest BCUT2D eigenvalue weighted by Gasteiger charge is 2.33. The molecule has 1 aromatic heterocycles. The zero-order valence-corrected chi connectivity index (χ0v) is 15.7. The maximum Gasteiger partial charge on any atom is 0.410 e. The van der Waals surface area contributed by atoms with Crippen molar-refractivity contribution < 1.29 is 9.53 Å². The molecule has 1 saturated heterocycles. The molecule has 1 fully saturated rings. The summed E-state index contributed by atoms with van der Waals surface area (Å²) in [5.41, 5.74) is 0.687. The molecule has 0 spiro atoms. The molecular weight excluding hydrogens is 314 g/mol. The molecule has 25 heavy (non-hydrogen) atoms. The van der Waals surface area contributed by atoms with Crippen molar-refractivity contribution in [2.45, 2.75) is 45.3 Å². The van der Waals surface area contributed by atoms with Crippen LogP contribution in [-0.2, 0) is 4.74 Å². The number of pyridine rings is 1. The summed E-state index contributed by atoms with van der Waals surface area (Å²) < 4.78 is 5.58. The fraction of sp³-hybridized carbons (Fsp3) is 0.500. The van der Waals surface area contributed by atoms with E-state index in [1.807, 2.05) is 56.9 Å². The topological polar surface area (TPSA) is 45.7 Å². The average Bonchev–Trinajstić information content (AvgIpc) is 3.01. The van der Waals surface area contributed by atoms with Crippen molar-refractivity contribution in [1.29, 1.82) is 0 Å². The van der Waals surface area contributed by atoms with Crippen LogP contribution in [0.2, 0.25) is 0 Å². The second kappa shape index (κ2) is 6.54. The van der Waals surface area contributed by atoms with Gasteiger partial charge in [-0.3, -0.25) is 0 Å². The molecule has 0 bridgehead atoms. The van der Waals surface area contributed by atoms with Crippen LogP contribution in [-0.4, -0.2) is 42.2 Å². The molecule has 2 heterocycles. The smallest absolute Gasteiger partial charge is 0.410 e. The van der Waals surface area contributed by atoms with Crippen LogP contribution in [0.4, 0.5) is 10.6 Å². The van der Waals surface area contributed by atoms with Crippen LogP contribution in [0.5, 0.6) is 0 Å². The highest BCUT2D eigenvalue weighted by Crippen LogP contribution is 2.35. The lowest BCUT2D eigenvalue weighted by molar-refractivity contribution is 0.0224. The molecule has 134 valence electrons. The van der Waals surface area contributed by atoms with E-state index in [2.05, 4.69) is 23.2 Å². The van der Waals surface area contributed by atoms with Crippen LogP contribution in [0.3, 0.4) is 0 Å². The van der Waals surface area contributed by atoms with Crippen LogP contribution in [0, 0.1) is 0 Å². The molecule has 3 rings (SSSR count). The number of likely N-dealkylation sites (tertiary alicyclic amines) is 1. The Morgan fingerprint density at radius 2 is 2.04 bits per heavy atom. The fourth-order valence-electron chi connectivity index (χ4n) is 3.40. The number of ether oxygens (including phenoxy) is 1. The highest BCUT2D eigenvalue weighted by molar-refractivity contribution is 5.92. The molecule has 0 saturated carbocycles. The summed E-state index contributed by atoms with van der Waals surface area (Å²) in [6.07, 6.45) is 3.58. The zero-order chi connectivity index (χ0) is 18.2. The van der Waals surface area contributed by atoms with Gasteiger partial charge in [-0.25, -0.2) is 9.78 Å². The molecule has 1 aromatic carbocycles. The number of anilines is 1. The Hall–Kier alpha value is -2.30. The van der Waals surface area contributed by atoms with E-state index in [1.165, 1.54) is 0 Å². The van der Waals surface area contributed by atoms with Crippen LogP contribution in [0.25, 0.3) is 10.8 Å². The third-order valence-corrected chi connectivity index (χ3v) is 4.46. The van der Waals surface area contributed by atoms with E-state index in [0.717, 1.165) is 41.5 Å². The van der Waals surface area contributed by atoms with Gasteiger partial charge in [-0.05, 0) is 56.7 Å². The van der Waals surface area contributed by atoms with E-state index in [0.29, 0.717) is 0 Å². The number of fused-ring (bicyclic) bond motifs is 1. The lowest BCUT2D eigenvalue weighted by Gasteiger charge is -2.29. The molecule has 2 aromatic rings. The first-order valence-electron chi connectivity index (χ1n) is 8.82. The molecule has 0 aliphatic carbocycles. The summed E-state index contributed by atoms with van der Waals surface area (Å²) >= 11 is 0. The van der Waals surface area contributed by atoms with Gasteiger partial charge in [0.2, 0.25) is 0 Å². The highest BCUT2D eigenvalue weighted by atomic mass is 16.6. The molecule has 1 aliphatic heterocycles. The number of carbonyl (C=O) groups is 1. The summed E-state index contributed by atoms with van der Waals surface area (Å²) in [7, 11) is 3.99. The van der Waals surface area contributed by atoms with Crippen molar-refractivity contribution in [3.05, 3.63) is 36.0 Å². The third kappa shape index (κ3) is 3.70. The fourth-order valence-corrected chi connectivity index (χ4v) is 3.40. The third-order valence-electron chi connectivity index (χ3n) is 4.46. The van der Waals surface area contributed by atoms with Crippen molar-refractivity contribution in [1.82, 2.24) is 9.88 Å². The minimum absolute atomic E-state index is 0.0789. The first kappa shape index (κ1) is 17.5. The number of hydrogen-bond donors (Lipinski definition) is 0. The minimum atomic E-state index is -0.472. The van der Waals surface area contributed by atoms with Crippen molar-refractivity contribution >= 4 is 22.7 Å². The van der Waals surface area contributed by atoms with Crippen LogP contribution in [0.1, 0.15) is 45.2 Å². The van der Waals surface area contributed by atoms with Gasteiger partial charge in [-0.2, -0.15) is 0 Å². The van der Waals surface area contributed by atoms with Gasteiger partial charge in [0.15, 0.2) is 0 Å². The number of benzene rings is 1. The van der Waals surface area contributed by atoms with Gasteiger partial charge in [0.1, 0.15) is 11.4 Å². The first-order valence-corrected chi connectivity index (χ1v) is 8.82. The van der Waals surface area contributed by atoms with Crippen LogP contribution in [0.15, 0.2) is 30.5 Å². The Balaban J connectivity index is 1.91. The van der Waals surface area contributed by atoms with E-state index < -0.39 is 5.60 Å². The van der Waals surface area contributed by atoms with Crippen LogP contribution >= 0.6 is 0 Å². The summed E-state index contributed by atoms with van der Waals surface area (Å²) in [6, 6.07) is 8.51. The van der Waals surface area contributed by atoms with Gasteiger partial charge in [-0.1, -0.05) is 12.1 Å². The molecule has 1 amide bonds. The van der Waals surface area contributed by atoms with E-state index in [4.69, 9.17) is 4.74 Å². The Bertz CT molecular complexity index is 780. The number of rotatable bonds is 2. The number of amides is 1. The molecule has 1 aliphatic rings. The van der Waals surface area contributed by atoms with Crippen molar-refractivity contribution in [3.63, 3.8) is 0 Å². The second-order valence-electron chi connectivity index (χ2n) is 7.84.